The van der Waals surface area contributed by atoms with Gasteiger partial charge in [-0.05, 0) is 18.1 Å². The Balaban J connectivity index is 2.23. The van der Waals surface area contributed by atoms with E-state index in [1.165, 1.54) is 5.56 Å². The molecule has 4 nitrogen and oxygen atoms in total. The van der Waals surface area contributed by atoms with Crippen LogP contribution in [0.25, 0.3) is 16.9 Å². The Morgan fingerprint density at radius 1 is 1.00 bits per heavy atom. The molecule has 1 N–H and O–H groups in total. The molecule has 0 radical (unpaired) electrons. The summed E-state index contributed by atoms with van der Waals surface area (Å²) in [4.78, 5) is 0. The molecule has 21 heavy (non-hydrogen) atoms. The molecule has 0 amide bonds. The molecule has 106 valence electrons. The van der Waals surface area contributed by atoms with E-state index < -0.39 is 0 Å². The van der Waals surface area contributed by atoms with Crippen LogP contribution in [-0.2, 0) is 13.0 Å². The van der Waals surface area contributed by atoms with E-state index in [2.05, 4.69) is 23.3 Å². The lowest BCUT2D eigenvalue weighted by molar-refractivity contribution is 0.277. The zero-order valence-electron chi connectivity index (χ0n) is 11.9. The van der Waals surface area contributed by atoms with Crippen molar-refractivity contribution >= 4 is 0 Å². The molecule has 3 aromatic rings. The van der Waals surface area contributed by atoms with Gasteiger partial charge in [0, 0.05) is 5.56 Å². The van der Waals surface area contributed by atoms with Crippen molar-refractivity contribution in [1.29, 1.82) is 0 Å². The van der Waals surface area contributed by atoms with Crippen molar-refractivity contribution in [3.63, 3.8) is 0 Å². The van der Waals surface area contributed by atoms with Gasteiger partial charge < -0.3 is 5.11 Å². The number of aryl methyl sites for hydroxylation is 1. The summed E-state index contributed by atoms with van der Waals surface area (Å²) in [5.41, 5.74) is 4.64. The molecular formula is C17H17N3O. The highest BCUT2D eigenvalue weighted by atomic mass is 16.3. The van der Waals surface area contributed by atoms with Crippen molar-refractivity contribution in [3.8, 4) is 16.9 Å². The van der Waals surface area contributed by atoms with Gasteiger partial charge in [0.15, 0.2) is 0 Å². The van der Waals surface area contributed by atoms with Crippen LogP contribution < -0.4 is 0 Å². The van der Waals surface area contributed by atoms with Gasteiger partial charge in [-0.3, -0.25) is 0 Å². The first kappa shape index (κ1) is 13.5. The topological polar surface area (TPSA) is 50.9 Å². The van der Waals surface area contributed by atoms with Crippen LogP contribution in [-0.4, -0.2) is 20.1 Å². The van der Waals surface area contributed by atoms with Crippen molar-refractivity contribution in [2.75, 3.05) is 0 Å². The maximum atomic E-state index is 9.55. The van der Waals surface area contributed by atoms with Gasteiger partial charge in [0.2, 0.25) is 0 Å². The third-order valence-corrected chi connectivity index (χ3v) is 3.54. The average Bonchev–Trinajstić information content (AvgIpc) is 2.99. The fraction of sp³-hybridized carbons (Fsp3) is 0.176. The highest BCUT2D eigenvalue weighted by Gasteiger charge is 2.16. The Bertz CT molecular complexity index is 735. The molecule has 0 aliphatic heterocycles. The predicted molar refractivity (Wildman–Crippen MR) is 82.1 cm³/mol. The molecule has 0 saturated carbocycles. The van der Waals surface area contributed by atoms with E-state index in [4.69, 9.17) is 0 Å². The largest absolute Gasteiger partial charge is 0.390 e. The Hall–Kier alpha value is -2.46. The van der Waals surface area contributed by atoms with Crippen molar-refractivity contribution in [3.05, 3.63) is 65.9 Å². The third-order valence-electron chi connectivity index (χ3n) is 3.54. The maximum absolute atomic E-state index is 9.55. The monoisotopic (exact) mass is 279 g/mol. The van der Waals surface area contributed by atoms with Crippen LogP contribution in [0.4, 0.5) is 0 Å². The van der Waals surface area contributed by atoms with Crippen LogP contribution in [0.3, 0.4) is 0 Å². The number of benzene rings is 2. The Morgan fingerprint density at radius 3 is 2.43 bits per heavy atom. The molecule has 4 heteroatoms. The van der Waals surface area contributed by atoms with Gasteiger partial charge in [0.1, 0.15) is 11.4 Å². The van der Waals surface area contributed by atoms with Gasteiger partial charge in [-0.2, -0.15) is 0 Å². The molecule has 0 spiro atoms. The maximum Gasteiger partial charge on any atom is 0.117 e. The van der Waals surface area contributed by atoms with Crippen LogP contribution in [0.5, 0.6) is 0 Å². The standard InChI is InChI=1S/C17H17N3O/c1-2-13-8-6-7-11-16(13)20-17(15(12-21)18-19-20)14-9-4-3-5-10-14/h3-11,21H,2,12H2,1H3. The SMILES string of the molecule is CCc1ccccc1-n1nnc(CO)c1-c1ccccc1. The van der Waals surface area contributed by atoms with Crippen LogP contribution in [0.15, 0.2) is 54.6 Å². The summed E-state index contributed by atoms with van der Waals surface area (Å²) in [6.45, 7) is 1.99. The van der Waals surface area contributed by atoms with E-state index >= 15 is 0 Å². The van der Waals surface area contributed by atoms with Gasteiger partial charge in [0.25, 0.3) is 0 Å². The summed E-state index contributed by atoms with van der Waals surface area (Å²) >= 11 is 0. The van der Waals surface area contributed by atoms with Crippen LogP contribution in [0.2, 0.25) is 0 Å². The zero-order chi connectivity index (χ0) is 14.7. The van der Waals surface area contributed by atoms with Crippen molar-refractivity contribution in [2.24, 2.45) is 0 Å². The summed E-state index contributed by atoms with van der Waals surface area (Å²) in [7, 11) is 0. The number of nitrogens with zero attached hydrogens (tertiary/aromatic N) is 3. The average molecular weight is 279 g/mol. The van der Waals surface area contributed by atoms with E-state index in [-0.39, 0.29) is 6.61 Å². The number of aliphatic hydroxyl groups is 1. The normalized spacial score (nSPS) is 10.8. The molecule has 0 aliphatic carbocycles. The van der Waals surface area contributed by atoms with E-state index in [1.807, 2.05) is 53.2 Å². The number of hydrogen-bond donors (Lipinski definition) is 1. The smallest absolute Gasteiger partial charge is 0.117 e. The number of para-hydroxylation sites is 1. The van der Waals surface area contributed by atoms with Gasteiger partial charge in [-0.15, -0.1) is 5.10 Å². The second-order valence-electron chi connectivity index (χ2n) is 4.80. The minimum Gasteiger partial charge on any atom is -0.390 e. The molecular weight excluding hydrogens is 262 g/mol. The van der Waals surface area contributed by atoms with Crippen molar-refractivity contribution < 1.29 is 5.11 Å². The van der Waals surface area contributed by atoms with E-state index in [0.29, 0.717) is 5.69 Å². The molecule has 0 aliphatic rings. The van der Waals surface area contributed by atoms with Crippen LogP contribution >= 0.6 is 0 Å². The minimum absolute atomic E-state index is 0.126. The molecule has 0 fully saturated rings. The minimum atomic E-state index is -0.126. The number of rotatable bonds is 4. The molecule has 3 rings (SSSR count). The highest BCUT2D eigenvalue weighted by molar-refractivity contribution is 5.64. The Labute approximate surface area is 123 Å². The first-order chi connectivity index (χ1) is 10.3. The molecule has 2 aromatic carbocycles. The lowest BCUT2D eigenvalue weighted by Gasteiger charge is -2.11. The van der Waals surface area contributed by atoms with E-state index in [0.717, 1.165) is 23.4 Å². The number of hydrogen-bond acceptors (Lipinski definition) is 3. The third kappa shape index (κ3) is 2.45. The highest BCUT2D eigenvalue weighted by Crippen LogP contribution is 2.26. The molecule has 0 unspecified atom stereocenters. The summed E-state index contributed by atoms with van der Waals surface area (Å²) in [6.07, 6.45) is 0.915. The summed E-state index contributed by atoms with van der Waals surface area (Å²) in [6, 6.07) is 18.0. The van der Waals surface area contributed by atoms with E-state index in [1.54, 1.807) is 0 Å². The van der Waals surface area contributed by atoms with Crippen molar-refractivity contribution in [2.45, 2.75) is 20.0 Å². The zero-order valence-corrected chi connectivity index (χ0v) is 11.9. The molecule has 1 heterocycles. The fourth-order valence-corrected chi connectivity index (χ4v) is 2.49. The lowest BCUT2D eigenvalue weighted by Crippen LogP contribution is -2.03. The van der Waals surface area contributed by atoms with Gasteiger partial charge in [-0.25, -0.2) is 4.68 Å². The summed E-state index contributed by atoms with van der Waals surface area (Å²) in [5.74, 6) is 0. The van der Waals surface area contributed by atoms with Gasteiger partial charge in [-0.1, -0.05) is 60.7 Å². The van der Waals surface area contributed by atoms with Crippen molar-refractivity contribution in [1.82, 2.24) is 15.0 Å². The second-order valence-corrected chi connectivity index (χ2v) is 4.80. The Kier molecular flexibility index (Phi) is 3.79. The van der Waals surface area contributed by atoms with Crippen LogP contribution in [0, 0.1) is 0 Å². The lowest BCUT2D eigenvalue weighted by atomic mass is 10.1. The quantitative estimate of drug-likeness (QED) is 0.798. The predicted octanol–water partition coefficient (Wildman–Crippen LogP) is 2.99. The number of aromatic nitrogens is 3. The fourth-order valence-electron chi connectivity index (χ4n) is 2.49. The molecule has 0 bridgehead atoms. The number of aliphatic hydroxyl groups excluding tert-OH is 1. The molecule has 1 aromatic heterocycles. The summed E-state index contributed by atoms with van der Waals surface area (Å²) in [5, 5.41) is 17.9. The van der Waals surface area contributed by atoms with Gasteiger partial charge in [0.05, 0.1) is 12.3 Å². The van der Waals surface area contributed by atoms with E-state index in [9.17, 15) is 5.11 Å². The van der Waals surface area contributed by atoms with Gasteiger partial charge >= 0.3 is 0 Å². The van der Waals surface area contributed by atoms with Crippen LogP contribution in [0.1, 0.15) is 18.2 Å². The molecule has 0 atom stereocenters. The Morgan fingerprint density at radius 2 is 1.71 bits per heavy atom. The summed E-state index contributed by atoms with van der Waals surface area (Å²) < 4.78 is 1.82. The first-order valence-electron chi connectivity index (χ1n) is 7.04. The molecule has 0 saturated heterocycles. The second kappa shape index (κ2) is 5.89. The first-order valence-corrected chi connectivity index (χ1v) is 7.04.